The number of benzene rings is 1. The number of aryl methyl sites for hydroxylation is 1. The zero-order valence-corrected chi connectivity index (χ0v) is 11.6. The molecule has 2 aromatic heterocycles. The number of anilines is 1. The minimum Gasteiger partial charge on any atom is -0.360 e. The SMILES string of the molecule is Cc1ncn(-c2ccc(NC=C(C#N)c3nn[nH]n3)cc2)n1. The molecule has 108 valence electrons. The van der Waals surface area contributed by atoms with Gasteiger partial charge in [-0.3, -0.25) is 0 Å². The molecule has 0 aliphatic rings. The highest BCUT2D eigenvalue weighted by atomic mass is 15.5. The third-order valence-corrected chi connectivity index (χ3v) is 2.83. The zero-order chi connectivity index (χ0) is 15.4. The molecule has 22 heavy (non-hydrogen) atoms. The topological polar surface area (TPSA) is 121 Å². The van der Waals surface area contributed by atoms with Gasteiger partial charge in [0.05, 0.1) is 5.69 Å². The van der Waals surface area contributed by atoms with Gasteiger partial charge >= 0.3 is 0 Å². The van der Waals surface area contributed by atoms with Gasteiger partial charge in [0.15, 0.2) is 0 Å². The number of aromatic amines is 1. The summed E-state index contributed by atoms with van der Waals surface area (Å²) in [6.45, 7) is 1.83. The normalized spacial score (nSPS) is 11.2. The molecule has 0 spiro atoms. The number of nitriles is 1. The monoisotopic (exact) mass is 293 g/mol. The van der Waals surface area contributed by atoms with Gasteiger partial charge in [-0.25, -0.2) is 9.67 Å². The first-order valence-electron chi connectivity index (χ1n) is 6.35. The molecule has 0 amide bonds. The summed E-state index contributed by atoms with van der Waals surface area (Å²) in [5.74, 6) is 0.952. The maximum atomic E-state index is 9.07. The molecule has 0 fully saturated rings. The van der Waals surface area contributed by atoms with Crippen LogP contribution in [-0.4, -0.2) is 35.4 Å². The molecular weight excluding hydrogens is 282 g/mol. The minimum absolute atomic E-state index is 0.240. The number of allylic oxidation sites excluding steroid dienone is 1. The Balaban J connectivity index is 1.75. The predicted octanol–water partition coefficient (Wildman–Crippen LogP) is 1.07. The molecule has 0 bridgehead atoms. The average Bonchev–Trinajstić information content (AvgIpc) is 3.20. The molecule has 9 heteroatoms. The number of H-pyrrole nitrogens is 1. The summed E-state index contributed by atoms with van der Waals surface area (Å²) in [4.78, 5) is 4.08. The van der Waals surface area contributed by atoms with Crippen LogP contribution in [0.4, 0.5) is 5.69 Å². The van der Waals surface area contributed by atoms with Crippen molar-refractivity contribution < 1.29 is 0 Å². The van der Waals surface area contributed by atoms with Crippen molar-refractivity contribution in [2.24, 2.45) is 0 Å². The lowest BCUT2D eigenvalue weighted by atomic mass is 10.2. The number of nitrogens with zero attached hydrogens (tertiary/aromatic N) is 7. The first-order chi connectivity index (χ1) is 10.8. The third kappa shape index (κ3) is 2.80. The smallest absolute Gasteiger partial charge is 0.216 e. The Kier molecular flexibility index (Phi) is 3.57. The van der Waals surface area contributed by atoms with Crippen LogP contribution in [0, 0.1) is 18.3 Å². The van der Waals surface area contributed by atoms with Gasteiger partial charge in [0, 0.05) is 11.9 Å². The molecule has 9 nitrogen and oxygen atoms in total. The molecule has 3 rings (SSSR count). The van der Waals surface area contributed by atoms with Crippen LogP contribution < -0.4 is 5.32 Å². The molecular formula is C13H11N9. The Bertz CT molecular complexity index is 821. The number of hydrogen-bond donors (Lipinski definition) is 2. The van der Waals surface area contributed by atoms with E-state index in [0.717, 1.165) is 11.4 Å². The highest BCUT2D eigenvalue weighted by molar-refractivity contribution is 5.74. The summed E-state index contributed by atoms with van der Waals surface area (Å²) >= 11 is 0. The van der Waals surface area contributed by atoms with Crippen molar-refractivity contribution in [1.29, 1.82) is 5.26 Å². The highest BCUT2D eigenvalue weighted by Gasteiger charge is 2.05. The van der Waals surface area contributed by atoms with Crippen molar-refractivity contribution in [3.05, 3.63) is 48.4 Å². The molecule has 3 aromatic rings. The first kappa shape index (κ1) is 13.4. The van der Waals surface area contributed by atoms with Crippen molar-refractivity contribution in [2.45, 2.75) is 6.92 Å². The third-order valence-electron chi connectivity index (χ3n) is 2.83. The Morgan fingerprint density at radius 1 is 1.36 bits per heavy atom. The van der Waals surface area contributed by atoms with Gasteiger partial charge in [-0.05, 0) is 36.4 Å². The van der Waals surface area contributed by atoms with Crippen LogP contribution in [0.1, 0.15) is 11.6 Å². The van der Waals surface area contributed by atoms with E-state index < -0.39 is 0 Å². The number of rotatable bonds is 4. The molecule has 2 heterocycles. The number of tetrazole rings is 1. The zero-order valence-electron chi connectivity index (χ0n) is 11.6. The Labute approximate surface area is 125 Å². The predicted molar refractivity (Wildman–Crippen MR) is 77.5 cm³/mol. The van der Waals surface area contributed by atoms with E-state index in [0.29, 0.717) is 5.82 Å². The standard InChI is InChI=1S/C13H11N9/c1-9-16-8-22(19-9)12-4-2-11(3-5-12)15-7-10(6-14)13-17-20-21-18-13/h2-5,7-8,15H,1H3,(H,17,18,20,21). The number of hydrogen-bond acceptors (Lipinski definition) is 7. The number of nitrogens with one attached hydrogen (secondary N) is 2. The Morgan fingerprint density at radius 3 is 2.77 bits per heavy atom. The van der Waals surface area contributed by atoms with E-state index in [4.69, 9.17) is 5.26 Å². The minimum atomic E-state index is 0.240. The van der Waals surface area contributed by atoms with Gasteiger partial charge < -0.3 is 5.32 Å². The average molecular weight is 293 g/mol. The summed E-state index contributed by atoms with van der Waals surface area (Å²) in [5, 5.41) is 29.6. The van der Waals surface area contributed by atoms with Crippen LogP contribution in [0.5, 0.6) is 0 Å². The molecule has 0 radical (unpaired) electrons. The van der Waals surface area contributed by atoms with Crippen molar-refractivity contribution in [3.8, 4) is 11.8 Å². The van der Waals surface area contributed by atoms with Crippen LogP contribution in [-0.2, 0) is 0 Å². The van der Waals surface area contributed by atoms with Gasteiger partial charge in [-0.1, -0.05) is 0 Å². The van der Waals surface area contributed by atoms with E-state index in [1.165, 1.54) is 6.20 Å². The lowest BCUT2D eigenvalue weighted by molar-refractivity contribution is 0.863. The maximum Gasteiger partial charge on any atom is 0.216 e. The van der Waals surface area contributed by atoms with Crippen molar-refractivity contribution in [1.82, 2.24) is 35.4 Å². The van der Waals surface area contributed by atoms with Gasteiger partial charge in [0.25, 0.3) is 0 Å². The van der Waals surface area contributed by atoms with Crippen LogP contribution in [0.3, 0.4) is 0 Å². The van der Waals surface area contributed by atoms with E-state index in [1.54, 1.807) is 11.0 Å². The maximum absolute atomic E-state index is 9.07. The van der Waals surface area contributed by atoms with Gasteiger partial charge in [0.2, 0.25) is 5.82 Å². The lowest BCUT2D eigenvalue weighted by Crippen LogP contribution is -1.96. The molecule has 2 N–H and O–H groups in total. The molecule has 1 aromatic carbocycles. The van der Waals surface area contributed by atoms with Gasteiger partial charge in [0.1, 0.15) is 23.8 Å². The number of aromatic nitrogens is 7. The second-order valence-electron chi connectivity index (χ2n) is 4.33. The molecule has 0 aliphatic carbocycles. The van der Waals surface area contributed by atoms with Gasteiger partial charge in [-0.15, -0.1) is 10.2 Å². The fraction of sp³-hybridized carbons (Fsp3) is 0.0769. The quantitative estimate of drug-likeness (QED) is 0.690. The Hall–Kier alpha value is -3.54. The van der Waals surface area contributed by atoms with Gasteiger partial charge in [-0.2, -0.15) is 15.6 Å². The molecule has 0 saturated heterocycles. The van der Waals surface area contributed by atoms with E-state index in [9.17, 15) is 0 Å². The van der Waals surface area contributed by atoms with E-state index in [2.05, 4.69) is 36.0 Å². The largest absolute Gasteiger partial charge is 0.360 e. The second kappa shape index (κ2) is 5.84. The van der Waals surface area contributed by atoms with Crippen molar-refractivity contribution >= 4 is 11.3 Å². The highest BCUT2D eigenvalue weighted by Crippen LogP contribution is 2.14. The van der Waals surface area contributed by atoms with E-state index >= 15 is 0 Å². The fourth-order valence-corrected chi connectivity index (χ4v) is 1.76. The van der Waals surface area contributed by atoms with Crippen molar-refractivity contribution in [2.75, 3.05) is 5.32 Å². The van der Waals surface area contributed by atoms with Crippen molar-refractivity contribution in [3.63, 3.8) is 0 Å². The van der Waals surface area contributed by atoms with Crippen LogP contribution in [0.25, 0.3) is 11.3 Å². The van der Waals surface area contributed by atoms with Crippen LogP contribution >= 0.6 is 0 Å². The summed E-state index contributed by atoms with van der Waals surface area (Å²) in [7, 11) is 0. The lowest BCUT2D eigenvalue weighted by Gasteiger charge is -2.04. The summed E-state index contributed by atoms with van der Waals surface area (Å²) in [5.41, 5.74) is 2.00. The summed E-state index contributed by atoms with van der Waals surface area (Å²) < 4.78 is 1.69. The molecule has 0 unspecified atom stereocenters. The molecule has 0 atom stereocenters. The first-order valence-corrected chi connectivity index (χ1v) is 6.35. The molecule has 0 aliphatic heterocycles. The van der Waals surface area contributed by atoms with E-state index in [-0.39, 0.29) is 11.4 Å². The summed E-state index contributed by atoms with van der Waals surface area (Å²) in [6, 6.07) is 9.53. The Morgan fingerprint density at radius 2 is 2.18 bits per heavy atom. The van der Waals surface area contributed by atoms with Crippen LogP contribution in [0.15, 0.2) is 36.8 Å². The molecule has 0 saturated carbocycles. The fourth-order valence-electron chi connectivity index (χ4n) is 1.76. The summed E-state index contributed by atoms with van der Waals surface area (Å²) in [6.07, 6.45) is 3.18. The van der Waals surface area contributed by atoms with E-state index in [1.807, 2.05) is 37.3 Å². The van der Waals surface area contributed by atoms with Crippen LogP contribution in [0.2, 0.25) is 0 Å². The second-order valence-corrected chi connectivity index (χ2v) is 4.33.